The highest BCUT2D eigenvalue weighted by Gasteiger charge is 2.16. The zero-order chi connectivity index (χ0) is 78.1. The minimum Gasteiger partial charge on any atom is -0.361 e. The van der Waals surface area contributed by atoms with Gasteiger partial charge in [-0.2, -0.15) is 0 Å². The summed E-state index contributed by atoms with van der Waals surface area (Å²) in [7, 11) is 0. The van der Waals surface area contributed by atoms with Crippen molar-refractivity contribution >= 4 is 76.3 Å². The summed E-state index contributed by atoms with van der Waals surface area (Å²) in [5.74, 6) is 0.609. The molecule has 14 rings (SSSR count). The third-order valence-electron chi connectivity index (χ3n) is 18.6. The van der Waals surface area contributed by atoms with Gasteiger partial charge in [-0.05, 0) is 323 Å². The van der Waals surface area contributed by atoms with E-state index in [2.05, 4.69) is 284 Å². The number of nitrogens with one attached hydrogen (secondary N) is 7. The molecule has 0 amide bonds. The highest BCUT2D eigenvalue weighted by atomic mass is 14.7. The number of H-pyrrole nitrogens is 7. The van der Waals surface area contributed by atoms with Crippen LogP contribution in [-0.4, -0.2) is 34.9 Å². The minimum atomic E-state index is 0.232. The zero-order valence-electron chi connectivity index (χ0n) is 71.1. The summed E-state index contributed by atoms with van der Waals surface area (Å²) in [6.45, 7) is 76.1. The average molecular weight is 1380 g/mol. The summed E-state index contributed by atoms with van der Waals surface area (Å²) in [6.07, 6.45) is 15.1. The summed E-state index contributed by atoms with van der Waals surface area (Å²) in [5.41, 5.74) is 35.3. The number of hydrogen-bond acceptors (Lipinski definition) is 0. The topological polar surface area (TPSA) is 111 Å². The molecule has 556 valence electrons. The van der Waals surface area contributed by atoms with Crippen molar-refractivity contribution in [1.29, 1.82) is 0 Å². The van der Waals surface area contributed by atoms with Crippen molar-refractivity contribution in [2.24, 2.45) is 0 Å². The monoisotopic (exact) mass is 1380 g/mol. The lowest BCUT2D eigenvalue weighted by Gasteiger charge is -2.19. The maximum atomic E-state index is 3.30. The molecule has 0 aliphatic rings. The van der Waals surface area contributed by atoms with Crippen LogP contribution < -0.4 is 0 Å². The number of hydrogen-bond donors (Lipinski definition) is 7. The summed E-state index contributed by atoms with van der Waals surface area (Å²) < 4.78 is 0. The smallest absolute Gasteiger partial charge is 0.0489 e. The highest BCUT2D eigenvalue weighted by Crippen LogP contribution is 2.31. The standard InChI is InChI=1S/C13H17N.2C12H15N.4C11H13N.7C2H6/c1-9-7-11(13(2,3)4)8-10-5-6-14-12(9)10;1-7-8(2)10(4)12-11(9(7)3)5-6-13-12;1-8(2)11-6-9(3)12-10(7-11)4-5-13-12;1-7-6-10-4-5-12-11(10)9(3)8(7)2;1-7-6-8(2)11-10(9(7)3)4-5-12-11;1-7-6-8(2)10-4-5-12-11(10)9(7)3;1-3-9-6-8(2)11-10(7-9)4-5-12-11;7*1-2/h5-8,14H,1-4H3;5-6,13H,1-4H3;4-8,13H,1-3H3;3*4-6,12H,1-3H3;4-7,12H,3H2,1-2H3;7*1-2H3. The molecule has 0 aliphatic carbocycles. The molecule has 0 bridgehead atoms. The van der Waals surface area contributed by atoms with Gasteiger partial charge in [0.15, 0.2) is 0 Å². The number of fused-ring (bicyclic) bond motifs is 7. The van der Waals surface area contributed by atoms with E-state index in [0.29, 0.717) is 5.92 Å². The fourth-order valence-electron chi connectivity index (χ4n) is 12.2. The van der Waals surface area contributed by atoms with Gasteiger partial charge in [-0.25, -0.2) is 0 Å². The van der Waals surface area contributed by atoms with Crippen molar-refractivity contribution in [1.82, 2.24) is 34.9 Å². The van der Waals surface area contributed by atoms with Crippen molar-refractivity contribution in [2.45, 2.75) is 267 Å². The molecule has 7 heterocycles. The van der Waals surface area contributed by atoms with Crippen LogP contribution in [0, 0.1) is 111 Å². The second-order valence-electron chi connectivity index (χ2n) is 26.1. The van der Waals surface area contributed by atoms with Gasteiger partial charge in [0.1, 0.15) is 0 Å². The Morgan fingerprint density at radius 1 is 0.265 bits per heavy atom. The van der Waals surface area contributed by atoms with Gasteiger partial charge in [0.25, 0.3) is 0 Å². The Morgan fingerprint density at radius 3 is 1.08 bits per heavy atom. The average Bonchev–Trinajstić information content (AvgIpc) is 1.53. The van der Waals surface area contributed by atoms with E-state index in [4.69, 9.17) is 0 Å². The number of rotatable bonds is 2. The van der Waals surface area contributed by atoms with E-state index < -0.39 is 0 Å². The quantitative estimate of drug-likeness (QED) is 0.0895. The molecule has 102 heavy (non-hydrogen) atoms. The molecule has 0 unspecified atom stereocenters. The van der Waals surface area contributed by atoms with Crippen LogP contribution in [0.15, 0.2) is 140 Å². The fraction of sp³-hybridized carbons (Fsp3) is 0.411. The first-order valence-corrected chi connectivity index (χ1v) is 38.6. The maximum Gasteiger partial charge on any atom is 0.0489 e. The van der Waals surface area contributed by atoms with Crippen LogP contribution in [0.3, 0.4) is 0 Å². The first kappa shape index (κ1) is 91.3. The Bertz CT molecular complexity index is 4560. The van der Waals surface area contributed by atoms with E-state index in [9.17, 15) is 0 Å². The Morgan fingerprint density at radius 2 is 0.598 bits per heavy atom. The third kappa shape index (κ3) is 23.7. The van der Waals surface area contributed by atoms with Crippen LogP contribution in [0.5, 0.6) is 0 Å². The van der Waals surface area contributed by atoms with E-state index in [-0.39, 0.29) is 5.41 Å². The molecule has 7 nitrogen and oxygen atoms in total. The van der Waals surface area contributed by atoms with Gasteiger partial charge in [-0.1, -0.05) is 169 Å². The molecule has 0 atom stereocenters. The first-order valence-electron chi connectivity index (χ1n) is 38.6. The molecule has 7 heteroatoms. The van der Waals surface area contributed by atoms with Gasteiger partial charge in [-0.15, -0.1) is 0 Å². The molecular formula is C95H141N7. The third-order valence-corrected chi connectivity index (χ3v) is 18.6. The van der Waals surface area contributed by atoms with E-state index in [0.717, 1.165) is 6.42 Å². The van der Waals surface area contributed by atoms with Crippen LogP contribution >= 0.6 is 0 Å². The molecule has 14 aromatic rings. The second-order valence-corrected chi connectivity index (χ2v) is 26.1. The molecule has 0 aliphatic heterocycles. The van der Waals surface area contributed by atoms with Gasteiger partial charge in [0, 0.05) is 98.2 Å². The number of aromatic nitrogens is 7. The van der Waals surface area contributed by atoms with Gasteiger partial charge in [-0.3, -0.25) is 0 Å². The van der Waals surface area contributed by atoms with Crippen LogP contribution in [0.25, 0.3) is 76.3 Å². The lowest BCUT2D eigenvalue weighted by Crippen LogP contribution is -2.11. The van der Waals surface area contributed by atoms with Crippen molar-refractivity contribution < 1.29 is 0 Å². The molecule has 0 saturated carbocycles. The predicted molar refractivity (Wildman–Crippen MR) is 465 cm³/mol. The fourth-order valence-corrected chi connectivity index (χ4v) is 12.2. The summed E-state index contributed by atoms with van der Waals surface area (Å²) in [6, 6.07) is 35.2. The lowest BCUT2D eigenvalue weighted by molar-refractivity contribution is 0.590. The largest absolute Gasteiger partial charge is 0.361 e. The van der Waals surface area contributed by atoms with Crippen LogP contribution in [-0.2, 0) is 11.8 Å². The van der Waals surface area contributed by atoms with E-state index in [1.165, 1.54) is 182 Å². The number of aryl methyl sites for hydroxylation is 14. The van der Waals surface area contributed by atoms with Gasteiger partial charge in [0.05, 0.1) is 0 Å². The second kappa shape index (κ2) is 45.3. The molecule has 0 radical (unpaired) electrons. The molecule has 0 saturated heterocycles. The van der Waals surface area contributed by atoms with Crippen LogP contribution in [0.1, 0.15) is 250 Å². The molecule has 0 fully saturated rings. The SMILES string of the molecule is CC.CC.CC.CC.CC.CC.CC.CCc1cc(C)c2[nH]ccc2c1.Cc1c(C)c(C)c2[nH]ccc2c1C.Cc1cc(C(C)(C)C)cc2cc[nH]c12.Cc1cc(C(C)C)cc2cc[nH]c12.Cc1cc(C)c2[nH]ccc2c1C.Cc1cc(C)c2cc[nH]c2c1C.Cc1cc2cc[nH]c2c(C)c1C. The van der Waals surface area contributed by atoms with Gasteiger partial charge in [0.2, 0.25) is 0 Å². The normalized spacial score (nSPS) is 10.1. The van der Waals surface area contributed by atoms with Crippen molar-refractivity contribution in [2.75, 3.05) is 0 Å². The summed E-state index contributed by atoms with van der Waals surface area (Å²) >= 11 is 0. The van der Waals surface area contributed by atoms with Crippen molar-refractivity contribution in [3.8, 4) is 0 Å². The predicted octanol–water partition coefficient (Wildman–Crippen LogP) is 30.3. The van der Waals surface area contributed by atoms with Crippen molar-refractivity contribution in [3.63, 3.8) is 0 Å². The summed E-state index contributed by atoms with van der Waals surface area (Å²) in [4.78, 5) is 22.8. The van der Waals surface area contributed by atoms with E-state index in [1.807, 2.05) is 140 Å². The van der Waals surface area contributed by atoms with Gasteiger partial charge >= 0.3 is 0 Å². The molecular weight excluding hydrogens is 1240 g/mol. The minimum absolute atomic E-state index is 0.232. The molecule has 0 spiro atoms. The van der Waals surface area contributed by atoms with Gasteiger partial charge < -0.3 is 34.9 Å². The Labute approximate surface area is 620 Å². The Kier molecular flexibility index (Phi) is 40.6. The molecule has 7 N–H and O–H groups in total. The molecule has 7 aromatic carbocycles. The lowest BCUT2D eigenvalue weighted by atomic mass is 9.85. The van der Waals surface area contributed by atoms with Crippen LogP contribution in [0.4, 0.5) is 0 Å². The number of aromatic amines is 7. The summed E-state index contributed by atoms with van der Waals surface area (Å²) in [5, 5.41) is 9.34. The zero-order valence-corrected chi connectivity index (χ0v) is 71.1. The maximum absolute atomic E-state index is 3.30. The number of benzene rings is 7. The highest BCUT2D eigenvalue weighted by molar-refractivity contribution is 5.90. The van der Waals surface area contributed by atoms with Crippen LogP contribution in [0.2, 0.25) is 0 Å². The van der Waals surface area contributed by atoms with E-state index >= 15 is 0 Å². The first-order chi connectivity index (χ1) is 48.7. The Hall–Kier alpha value is -8.68. The van der Waals surface area contributed by atoms with Crippen molar-refractivity contribution in [3.05, 3.63) is 246 Å². The van der Waals surface area contributed by atoms with E-state index in [1.54, 1.807) is 0 Å². The molecule has 7 aromatic heterocycles. The Balaban J connectivity index is 0.000000578.